The van der Waals surface area contributed by atoms with Gasteiger partial charge in [-0.05, 0) is 38.8 Å². The van der Waals surface area contributed by atoms with Crippen molar-refractivity contribution in [1.29, 1.82) is 0 Å². The number of piperidine rings is 1. The first-order chi connectivity index (χ1) is 11.5. The normalized spacial score (nSPS) is 16.5. The Kier molecular flexibility index (Phi) is 4.99. The molecule has 2 aromatic heterocycles. The number of likely N-dealkylation sites (tertiary alicyclic amines) is 1. The zero-order valence-corrected chi connectivity index (χ0v) is 14.6. The van der Waals surface area contributed by atoms with Crippen molar-refractivity contribution in [2.75, 3.05) is 26.7 Å². The summed E-state index contributed by atoms with van der Waals surface area (Å²) < 4.78 is 6.95. The van der Waals surface area contributed by atoms with E-state index in [4.69, 9.17) is 4.52 Å². The topological polar surface area (TPSA) is 67.4 Å². The molecule has 1 saturated heterocycles. The van der Waals surface area contributed by atoms with Gasteiger partial charge in [0, 0.05) is 32.9 Å². The van der Waals surface area contributed by atoms with Gasteiger partial charge in [0.2, 0.25) is 0 Å². The summed E-state index contributed by atoms with van der Waals surface area (Å²) >= 11 is 0. The van der Waals surface area contributed by atoms with E-state index in [0.29, 0.717) is 11.5 Å². The Balaban J connectivity index is 1.45. The molecule has 3 rings (SSSR count). The van der Waals surface area contributed by atoms with Crippen LogP contribution in [0.5, 0.6) is 0 Å². The highest BCUT2D eigenvalue weighted by Crippen LogP contribution is 2.20. The van der Waals surface area contributed by atoms with Gasteiger partial charge in [0.1, 0.15) is 0 Å². The van der Waals surface area contributed by atoms with Crippen LogP contribution in [0.4, 0.5) is 0 Å². The Morgan fingerprint density at radius 3 is 2.75 bits per heavy atom. The van der Waals surface area contributed by atoms with E-state index >= 15 is 0 Å². The van der Waals surface area contributed by atoms with Crippen LogP contribution in [0.1, 0.15) is 34.7 Å². The van der Waals surface area contributed by atoms with Crippen LogP contribution in [0, 0.1) is 12.8 Å². The van der Waals surface area contributed by atoms with E-state index in [1.165, 1.54) is 0 Å². The maximum absolute atomic E-state index is 12.4. The second-order valence-electron chi connectivity index (χ2n) is 6.74. The van der Waals surface area contributed by atoms with E-state index in [-0.39, 0.29) is 5.91 Å². The van der Waals surface area contributed by atoms with Gasteiger partial charge >= 0.3 is 0 Å². The van der Waals surface area contributed by atoms with Gasteiger partial charge in [-0.2, -0.15) is 5.10 Å². The Bertz CT molecular complexity index is 685. The number of aryl methyl sites for hydroxylation is 2. The van der Waals surface area contributed by atoms with Gasteiger partial charge in [0.25, 0.3) is 5.91 Å². The third kappa shape index (κ3) is 4.03. The minimum atomic E-state index is 0.0441. The molecule has 3 heterocycles. The van der Waals surface area contributed by atoms with Crippen LogP contribution in [-0.2, 0) is 13.6 Å². The number of carbonyl (C=O) groups excluding carboxylic acids is 1. The molecule has 0 spiro atoms. The van der Waals surface area contributed by atoms with E-state index < -0.39 is 0 Å². The van der Waals surface area contributed by atoms with Crippen molar-refractivity contribution in [3.05, 3.63) is 35.5 Å². The third-order valence-electron chi connectivity index (χ3n) is 4.59. The van der Waals surface area contributed by atoms with Gasteiger partial charge in [-0.25, -0.2) is 0 Å². The summed E-state index contributed by atoms with van der Waals surface area (Å²) in [6.45, 7) is 5.61. The van der Waals surface area contributed by atoms with E-state index in [2.05, 4.69) is 15.2 Å². The molecule has 0 radical (unpaired) electrons. The summed E-state index contributed by atoms with van der Waals surface area (Å²) in [6, 6.07) is 1.99. The van der Waals surface area contributed by atoms with Crippen LogP contribution in [0.15, 0.2) is 23.0 Å². The van der Waals surface area contributed by atoms with Crippen molar-refractivity contribution >= 4 is 5.91 Å². The van der Waals surface area contributed by atoms with Crippen LogP contribution in [0.3, 0.4) is 0 Å². The first kappa shape index (κ1) is 16.7. The summed E-state index contributed by atoms with van der Waals surface area (Å²) in [5.74, 6) is 1.51. The Morgan fingerprint density at radius 2 is 2.17 bits per heavy atom. The molecule has 0 atom stereocenters. The molecule has 1 fully saturated rings. The van der Waals surface area contributed by atoms with Crippen molar-refractivity contribution in [1.82, 2.24) is 24.7 Å². The summed E-state index contributed by atoms with van der Waals surface area (Å²) in [5, 5.41) is 8.00. The van der Waals surface area contributed by atoms with Gasteiger partial charge in [0.05, 0.1) is 24.0 Å². The molecule has 0 aromatic carbocycles. The molecule has 7 nitrogen and oxygen atoms in total. The molecule has 0 saturated carbocycles. The molecule has 1 aliphatic rings. The molecule has 0 unspecified atom stereocenters. The molecule has 0 aliphatic carbocycles. The maximum atomic E-state index is 12.4. The van der Waals surface area contributed by atoms with Gasteiger partial charge in [-0.1, -0.05) is 5.16 Å². The number of amides is 1. The molecule has 1 aliphatic heterocycles. The average Bonchev–Trinajstić information content (AvgIpc) is 3.17. The average molecular weight is 331 g/mol. The molecule has 2 aromatic rings. The predicted octanol–water partition coefficient (Wildman–Crippen LogP) is 1.70. The zero-order chi connectivity index (χ0) is 17.1. The van der Waals surface area contributed by atoms with Gasteiger partial charge in [-0.15, -0.1) is 0 Å². The fourth-order valence-corrected chi connectivity index (χ4v) is 3.26. The number of hydrogen-bond donors (Lipinski definition) is 0. The lowest BCUT2D eigenvalue weighted by atomic mass is 9.96. The zero-order valence-electron chi connectivity index (χ0n) is 14.6. The lowest BCUT2D eigenvalue weighted by molar-refractivity contribution is 0.0734. The Hall–Kier alpha value is -2.15. The quantitative estimate of drug-likeness (QED) is 0.834. The second kappa shape index (κ2) is 7.17. The Labute approximate surface area is 142 Å². The molecule has 7 heteroatoms. The van der Waals surface area contributed by atoms with Crippen LogP contribution in [-0.4, -0.2) is 57.3 Å². The standard InChI is InChI=1S/C17H25N5O2/c1-13-8-16(24-19-13)12-22-6-4-14(5-7-22)10-20(2)17(23)15-9-18-21(3)11-15/h8-9,11,14H,4-7,10,12H2,1-3H3. The van der Waals surface area contributed by atoms with Gasteiger partial charge in [-0.3, -0.25) is 14.4 Å². The molecule has 24 heavy (non-hydrogen) atoms. The summed E-state index contributed by atoms with van der Waals surface area (Å²) in [7, 11) is 3.70. The van der Waals surface area contributed by atoms with Gasteiger partial charge < -0.3 is 9.42 Å². The van der Waals surface area contributed by atoms with E-state index in [1.807, 2.05) is 32.0 Å². The first-order valence-electron chi connectivity index (χ1n) is 8.40. The van der Waals surface area contributed by atoms with Crippen LogP contribution >= 0.6 is 0 Å². The number of rotatable bonds is 5. The second-order valence-corrected chi connectivity index (χ2v) is 6.74. The highest BCUT2D eigenvalue weighted by molar-refractivity contribution is 5.93. The van der Waals surface area contributed by atoms with Crippen molar-refractivity contribution < 1.29 is 9.32 Å². The lowest BCUT2D eigenvalue weighted by Crippen LogP contribution is -2.39. The monoisotopic (exact) mass is 331 g/mol. The fourth-order valence-electron chi connectivity index (χ4n) is 3.26. The predicted molar refractivity (Wildman–Crippen MR) is 89.4 cm³/mol. The summed E-state index contributed by atoms with van der Waals surface area (Å²) in [6.07, 6.45) is 5.58. The third-order valence-corrected chi connectivity index (χ3v) is 4.59. The summed E-state index contributed by atoms with van der Waals surface area (Å²) in [5.41, 5.74) is 1.58. The van der Waals surface area contributed by atoms with Crippen LogP contribution in [0.25, 0.3) is 0 Å². The molecular formula is C17H25N5O2. The number of carbonyl (C=O) groups is 1. The highest BCUT2D eigenvalue weighted by Gasteiger charge is 2.23. The first-order valence-corrected chi connectivity index (χ1v) is 8.40. The van der Waals surface area contributed by atoms with E-state index in [0.717, 1.165) is 50.5 Å². The maximum Gasteiger partial charge on any atom is 0.256 e. The smallest absolute Gasteiger partial charge is 0.256 e. The van der Waals surface area contributed by atoms with Crippen molar-refractivity contribution in [3.8, 4) is 0 Å². The van der Waals surface area contributed by atoms with Crippen molar-refractivity contribution in [2.24, 2.45) is 13.0 Å². The number of hydrogen-bond acceptors (Lipinski definition) is 5. The molecule has 0 N–H and O–H groups in total. The fraction of sp³-hybridized carbons (Fsp3) is 0.588. The largest absolute Gasteiger partial charge is 0.360 e. The Morgan fingerprint density at radius 1 is 1.42 bits per heavy atom. The molecular weight excluding hydrogens is 306 g/mol. The molecule has 1 amide bonds. The van der Waals surface area contributed by atoms with Crippen LogP contribution in [0.2, 0.25) is 0 Å². The van der Waals surface area contributed by atoms with Crippen molar-refractivity contribution in [3.63, 3.8) is 0 Å². The number of nitrogens with zero attached hydrogens (tertiary/aromatic N) is 5. The minimum Gasteiger partial charge on any atom is -0.360 e. The van der Waals surface area contributed by atoms with Crippen molar-refractivity contribution in [2.45, 2.75) is 26.3 Å². The minimum absolute atomic E-state index is 0.0441. The van der Waals surface area contributed by atoms with E-state index in [9.17, 15) is 4.79 Å². The molecule has 0 bridgehead atoms. The number of aromatic nitrogens is 3. The molecule has 130 valence electrons. The van der Waals surface area contributed by atoms with E-state index in [1.54, 1.807) is 17.1 Å². The highest BCUT2D eigenvalue weighted by atomic mass is 16.5. The van der Waals surface area contributed by atoms with Gasteiger partial charge in [0.15, 0.2) is 5.76 Å². The SMILES string of the molecule is Cc1cc(CN2CCC(CN(C)C(=O)c3cnn(C)c3)CC2)on1. The summed E-state index contributed by atoms with van der Waals surface area (Å²) in [4.78, 5) is 16.6. The lowest BCUT2D eigenvalue weighted by Gasteiger charge is -2.33. The van der Waals surface area contributed by atoms with Crippen LogP contribution < -0.4 is 0 Å².